The van der Waals surface area contributed by atoms with Crippen LogP contribution in [0, 0.1) is 6.92 Å². The van der Waals surface area contributed by atoms with Crippen molar-refractivity contribution in [2.75, 3.05) is 23.8 Å². The second kappa shape index (κ2) is 14.7. The van der Waals surface area contributed by atoms with Crippen LogP contribution in [0.5, 0.6) is 5.75 Å². The van der Waals surface area contributed by atoms with Crippen molar-refractivity contribution < 1.29 is 19.1 Å². The van der Waals surface area contributed by atoms with E-state index in [9.17, 15) is 19.2 Å². The number of ether oxygens (including phenoxy) is 1. The van der Waals surface area contributed by atoms with Crippen LogP contribution in [0.3, 0.4) is 0 Å². The molecule has 2 heterocycles. The van der Waals surface area contributed by atoms with E-state index in [-0.39, 0.29) is 36.1 Å². The molecule has 4 aromatic rings. The second-order valence-corrected chi connectivity index (χ2v) is 12.4. The Labute approximate surface area is 278 Å². The van der Waals surface area contributed by atoms with Crippen LogP contribution in [0.2, 0.25) is 0 Å². The number of aromatic nitrogens is 3. The molecule has 48 heavy (non-hydrogen) atoms. The maximum Gasteiger partial charge on any atom is 0.350 e. The van der Waals surface area contributed by atoms with Gasteiger partial charge in [-0.15, -0.1) is 0 Å². The molecular weight excluding hydrogens is 610 g/mol. The van der Waals surface area contributed by atoms with Crippen molar-refractivity contribution in [3.05, 3.63) is 99.7 Å². The average molecular weight is 652 g/mol. The van der Waals surface area contributed by atoms with E-state index in [0.29, 0.717) is 59.4 Å². The van der Waals surface area contributed by atoms with Crippen LogP contribution in [0.1, 0.15) is 77.0 Å². The molecule has 3 amide bonds. The molecule has 12 nitrogen and oxygen atoms in total. The maximum atomic E-state index is 13.5. The van der Waals surface area contributed by atoms with E-state index in [1.165, 1.54) is 4.68 Å². The highest BCUT2D eigenvalue weighted by Crippen LogP contribution is 2.33. The normalized spacial score (nSPS) is 13.8. The fraction of sp³-hybridized carbons (Fsp3) is 0.361. The summed E-state index contributed by atoms with van der Waals surface area (Å²) in [4.78, 5) is 53.0. The number of carbonyl (C=O) groups excluding carboxylic acids is 3. The monoisotopic (exact) mass is 651 g/mol. The number of hydrogen-bond acceptors (Lipinski definition) is 7. The molecule has 1 saturated carbocycles. The van der Waals surface area contributed by atoms with Gasteiger partial charge >= 0.3 is 5.69 Å². The molecule has 0 bridgehead atoms. The minimum absolute atomic E-state index is 0.0769. The van der Waals surface area contributed by atoms with E-state index in [1.807, 2.05) is 24.0 Å². The van der Waals surface area contributed by atoms with E-state index in [4.69, 9.17) is 10.5 Å². The fourth-order valence-electron chi connectivity index (χ4n) is 5.84. The Morgan fingerprint density at radius 1 is 0.958 bits per heavy atom. The van der Waals surface area contributed by atoms with Crippen LogP contribution in [0.15, 0.2) is 71.5 Å². The van der Waals surface area contributed by atoms with Gasteiger partial charge in [0.25, 0.3) is 17.7 Å². The number of hydrogen-bond donors (Lipinski definition) is 3. The largest absolute Gasteiger partial charge is 0.482 e. The van der Waals surface area contributed by atoms with Crippen molar-refractivity contribution in [3.63, 3.8) is 0 Å². The van der Waals surface area contributed by atoms with Gasteiger partial charge in [0.15, 0.2) is 6.61 Å². The molecule has 0 spiro atoms. The summed E-state index contributed by atoms with van der Waals surface area (Å²) in [5.41, 5.74) is 9.03. The first-order chi connectivity index (χ1) is 23.3. The molecule has 1 aliphatic carbocycles. The van der Waals surface area contributed by atoms with Gasteiger partial charge in [0.2, 0.25) is 0 Å². The van der Waals surface area contributed by atoms with Crippen molar-refractivity contribution in [2.24, 2.45) is 5.73 Å². The number of carbonyl (C=O) groups is 3. The lowest BCUT2D eigenvalue weighted by Crippen LogP contribution is -2.33. The molecule has 250 valence electrons. The van der Waals surface area contributed by atoms with Gasteiger partial charge in [-0.1, -0.05) is 31.4 Å². The third-order valence-electron chi connectivity index (χ3n) is 8.68. The second-order valence-electron chi connectivity index (χ2n) is 12.4. The lowest BCUT2D eigenvalue weighted by atomic mass is 10.1. The topological polar surface area (TPSA) is 154 Å². The molecular formula is C36H41N7O5. The molecule has 3 aromatic carbocycles. The van der Waals surface area contributed by atoms with Gasteiger partial charge in [-0.3, -0.25) is 19.0 Å². The number of unbranched alkanes of at least 4 members (excludes halogenated alkanes) is 4. The minimum atomic E-state index is -0.269. The van der Waals surface area contributed by atoms with E-state index < -0.39 is 0 Å². The summed E-state index contributed by atoms with van der Waals surface area (Å²) < 4.78 is 8.59. The molecule has 0 saturated heterocycles. The number of anilines is 2. The van der Waals surface area contributed by atoms with Crippen molar-refractivity contribution >= 4 is 29.1 Å². The average Bonchev–Trinajstić information content (AvgIpc) is 3.90. The van der Waals surface area contributed by atoms with Gasteiger partial charge in [0.05, 0.1) is 11.4 Å². The standard InChI is InChI=1S/C36H41N7O5/c1-24-40-43(36(47)41(24)20-6-4-2-3-5-19-37)30-14-12-28(13-15-30)38-34(45)26-9-7-25(8-10-26)22-42(29-16-17-29)35(46)27-11-18-31-32(21-27)48-23-33(44)39-31/h7-15,18,21,29H,2-6,16-17,19-20,22-23,37H2,1H3,(H,38,45)(H,39,44). The number of nitrogens with two attached hydrogens (primary N) is 1. The fourth-order valence-corrected chi connectivity index (χ4v) is 5.84. The zero-order valence-corrected chi connectivity index (χ0v) is 27.1. The minimum Gasteiger partial charge on any atom is -0.482 e. The molecule has 0 unspecified atom stereocenters. The lowest BCUT2D eigenvalue weighted by Gasteiger charge is -2.24. The van der Waals surface area contributed by atoms with Crippen molar-refractivity contribution in [2.45, 2.75) is 71.0 Å². The Kier molecular flexibility index (Phi) is 10.0. The molecule has 2 aliphatic rings. The number of aryl methyl sites for hydroxylation is 1. The maximum absolute atomic E-state index is 13.5. The molecule has 4 N–H and O–H groups in total. The number of fused-ring (bicyclic) bond motifs is 1. The number of benzene rings is 3. The highest BCUT2D eigenvalue weighted by molar-refractivity contribution is 6.04. The van der Waals surface area contributed by atoms with E-state index in [0.717, 1.165) is 50.5 Å². The highest BCUT2D eigenvalue weighted by Gasteiger charge is 2.33. The van der Waals surface area contributed by atoms with Gasteiger partial charge in [-0.05, 0) is 99.3 Å². The number of nitrogens with one attached hydrogen (secondary N) is 2. The molecule has 1 fully saturated rings. The van der Waals surface area contributed by atoms with Gasteiger partial charge in [-0.25, -0.2) is 4.79 Å². The van der Waals surface area contributed by atoms with Crippen LogP contribution in [0.4, 0.5) is 11.4 Å². The van der Waals surface area contributed by atoms with Crippen LogP contribution in [0.25, 0.3) is 5.69 Å². The SMILES string of the molecule is Cc1nn(-c2ccc(NC(=O)c3ccc(CN(C(=O)c4ccc5c(c4)OCC(=O)N5)C4CC4)cc3)cc2)c(=O)n1CCCCCCCN. The van der Waals surface area contributed by atoms with Crippen LogP contribution >= 0.6 is 0 Å². The summed E-state index contributed by atoms with van der Waals surface area (Å²) in [7, 11) is 0. The molecule has 12 heteroatoms. The van der Waals surface area contributed by atoms with Crippen LogP contribution in [-0.2, 0) is 17.9 Å². The van der Waals surface area contributed by atoms with Crippen LogP contribution in [-0.4, -0.2) is 56.2 Å². The van der Waals surface area contributed by atoms with Gasteiger partial charge in [-0.2, -0.15) is 9.78 Å². The third kappa shape index (κ3) is 7.66. The zero-order valence-electron chi connectivity index (χ0n) is 27.1. The Balaban J connectivity index is 1.05. The van der Waals surface area contributed by atoms with Crippen molar-refractivity contribution in [3.8, 4) is 11.4 Å². The van der Waals surface area contributed by atoms with Crippen molar-refractivity contribution in [1.29, 1.82) is 0 Å². The van der Waals surface area contributed by atoms with Gasteiger partial charge < -0.3 is 26.0 Å². The van der Waals surface area contributed by atoms with E-state index in [1.54, 1.807) is 59.2 Å². The summed E-state index contributed by atoms with van der Waals surface area (Å²) in [6.45, 7) is 3.50. The molecule has 6 rings (SSSR count). The quantitative estimate of drug-likeness (QED) is 0.168. The molecule has 1 aliphatic heterocycles. The first-order valence-electron chi connectivity index (χ1n) is 16.6. The van der Waals surface area contributed by atoms with E-state index in [2.05, 4.69) is 15.7 Å². The summed E-state index contributed by atoms with van der Waals surface area (Å²) in [5.74, 6) is 0.548. The van der Waals surface area contributed by atoms with Crippen molar-refractivity contribution in [1.82, 2.24) is 19.2 Å². The first kappa shape index (κ1) is 32.7. The summed E-state index contributed by atoms with van der Waals surface area (Å²) >= 11 is 0. The Morgan fingerprint density at radius 2 is 1.67 bits per heavy atom. The van der Waals surface area contributed by atoms with Gasteiger partial charge in [0, 0.05) is 35.9 Å². The summed E-state index contributed by atoms with van der Waals surface area (Å²) in [6, 6.07) is 19.5. The van der Waals surface area contributed by atoms with Gasteiger partial charge in [0.1, 0.15) is 11.6 Å². The summed E-state index contributed by atoms with van der Waals surface area (Å²) in [5, 5.41) is 10.1. The molecule has 0 atom stereocenters. The smallest absolute Gasteiger partial charge is 0.350 e. The predicted octanol–water partition coefficient (Wildman–Crippen LogP) is 4.64. The highest BCUT2D eigenvalue weighted by atomic mass is 16.5. The Morgan fingerprint density at radius 3 is 2.40 bits per heavy atom. The Bertz CT molecular complexity index is 1840. The third-order valence-corrected chi connectivity index (χ3v) is 8.68. The molecule has 1 aromatic heterocycles. The van der Waals surface area contributed by atoms with E-state index >= 15 is 0 Å². The first-order valence-corrected chi connectivity index (χ1v) is 16.6. The lowest BCUT2D eigenvalue weighted by molar-refractivity contribution is -0.118. The molecule has 0 radical (unpaired) electrons. The number of amides is 3. The Hall–Kier alpha value is -5.23. The predicted molar refractivity (Wildman–Crippen MR) is 183 cm³/mol. The number of nitrogens with zero attached hydrogens (tertiary/aromatic N) is 4. The number of rotatable bonds is 14. The zero-order chi connectivity index (χ0) is 33.6. The summed E-state index contributed by atoms with van der Waals surface area (Å²) in [6.07, 6.45) is 7.08. The van der Waals surface area contributed by atoms with Crippen LogP contribution < -0.4 is 26.8 Å².